The zero-order chi connectivity index (χ0) is 10.1. The van der Waals surface area contributed by atoms with E-state index < -0.39 is 0 Å². The molecule has 0 saturated heterocycles. The number of halogens is 2. The van der Waals surface area contributed by atoms with Gasteiger partial charge in [0.1, 0.15) is 11.6 Å². The average Bonchev–Trinajstić information content (AvgIpc) is 2.93. The van der Waals surface area contributed by atoms with Crippen molar-refractivity contribution in [3.05, 3.63) is 28.0 Å². The lowest BCUT2D eigenvalue weighted by molar-refractivity contribution is 0.297. The number of hydrogen-bond donors (Lipinski definition) is 1. The molecule has 0 aliphatic heterocycles. The molecule has 0 aromatic heterocycles. The van der Waals surface area contributed by atoms with Crippen LogP contribution in [0, 0.1) is 5.82 Å². The van der Waals surface area contributed by atoms with Crippen LogP contribution in [0.1, 0.15) is 18.4 Å². The van der Waals surface area contributed by atoms with Crippen LogP contribution in [0.3, 0.4) is 0 Å². The lowest BCUT2D eigenvalue weighted by atomic mass is 10.2. The Bertz CT molecular complexity index is 352. The molecule has 2 rings (SSSR count). The maximum atomic E-state index is 13.0. The van der Waals surface area contributed by atoms with Gasteiger partial charge in [-0.3, -0.25) is 0 Å². The van der Waals surface area contributed by atoms with Gasteiger partial charge in [0.25, 0.3) is 0 Å². The van der Waals surface area contributed by atoms with Crippen LogP contribution in [0.4, 0.5) is 4.39 Å². The van der Waals surface area contributed by atoms with E-state index in [1.54, 1.807) is 0 Å². The van der Waals surface area contributed by atoms with E-state index in [1.807, 2.05) is 0 Å². The molecule has 1 aromatic rings. The van der Waals surface area contributed by atoms with Crippen molar-refractivity contribution >= 4 is 15.9 Å². The summed E-state index contributed by atoms with van der Waals surface area (Å²) in [5.41, 5.74) is 6.23. The molecule has 0 heterocycles. The van der Waals surface area contributed by atoms with Crippen molar-refractivity contribution in [3.63, 3.8) is 0 Å². The molecule has 1 aliphatic carbocycles. The summed E-state index contributed by atoms with van der Waals surface area (Å²) in [6, 6.07) is 2.82. The Morgan fingerprint density at radius 2 is 2.21 bits per heavy atom. The zero-order valence-corrected chi connectivity index (χ0v) is 9.18. The first kappa shape index (κ1) is 9.93. The molecule has 1 saturated carbocycles. The molecule has 0 spiro atoms. The van der Waals surface area contributed by atoms with Gasteiger partial charge >= 0.3 is 0 Å². The number of nitrogens with two attached hydrogens (primary N) is 1. The smallest absolute Gasteiger partial charge is 0.138 e. The number of benzene rings is 1. The summed E-state index contributed by atoms with van der Waals surface area (Å²) >= 11 is 3.27. The number of hydrogen-bond acceptors (Lipinski definition) is 2. The van der Waals surface area contributed by atoms with Gasteiger partial charge in [0.15, 0.2) is 0 Å². The highest BCUT2D eigenvalue weighted by Crippen LogP contribution is 2.35. The van der Waals surface area contributed by atoms with Crippen LogP contribution in [0.15, 0.2) is 16.6 Å². The van der Waals surface area contributed by atoms with Crippen molar-refractivity contribution in [1.82, 2.24) is 0 Å². The summed E-state index contributed by atoms with van der Waals surface area (Å²) in [6.45, 7) is 0.290. The van der Waals surface area contributed by atoms with Crippen LogP contribution in [0.25, 0.3) is 0 Å². The lowest BCUT2D eigenvalue weighted by Crippen LogP contribution is -2.05. The van der Waals surface area contributed by atoms with Crippen LogP contribution in [-0.4, -0.2) is 6.10 Å². The largest absolute Gasteiger partial charge is 0.489 e. The fourth-order valence-electron chi connectivity index (χ4n) is 1.25. The standard InChI is InChI=1S/C10H11BrFNO/c11-9-4-7(12)3-6(5-13)10(9)14-8-1-2-8/h3-4,8H,1-2,5,13H2. The monoisotopic (exact) mass is 259 g/mol. The van der Waals surface area contributed by atoms with Crippen molar-refractivity contribution < 1.29 is 9.13 Å². The highest BCUT2D eigenvalue weighted by atomic mass is 79.9. The Morgan fingerprint density at radius 3 is 2.79 bits per heavy atom. The van der Waals surface area contributed by atoms with Gasteiger partial charge in [-0.05, 0) is 40.9 Å². The molecule has 14 heavy (non-hydrogen) atoms. The third-order valence-electron chi connectivity index (χ3n) is 2.11. The lowest BCUT2D eigenvalue weighted by Gasteiger charge is -2.11. The van der Waals surface area contributed by atoms with Gasteiger partial charge in [-0.1, -0.05) is 0 Å². The first-order valence-electron chi connectivity index (χ1n) is 4.55. The topological polar surface area (TPSA) is 35.2 Å². The molecular formula is C10H11BrFNO. The second-order valence-electron chi connectivity index (χ2n) is 3.40. The molecule has 1 aliphatic rings. The van der Waals surface area contributed by atoms with E-state index in [9.17, 15) is 4.39 Å². The third-order valence-corrected chi connectivity index (χ3v) is 2.70. The molecule has 2 N–H and O–H groups in total. The van der Waals surface area contributed by atoms with Gasteiger partial charge < -0.3 is 10.5 Å². The molecule has 1 fully saturated rings. The van der Waals surface area contributed by atoms with Crippen molar-refractivity contribution in [1.29, 1.82) is 0 Å². The Balaban J connectivity index is 2.33. The maximum absolute atomic E-state index is 13.0. The fourth-order valence-corrected chi connectivity index (χ4v) is 1.82. The molecule has 0 radical (unpaired) electrons. The second kappa shape index (κ2) is 3.87. The van der Waals surface area contributed by atoms with Crippen LogP contribution in [0.2, 0.25) is 0 Å². The summed E-state index contributed by atoms with van der Waals surface area (Å²) in [5.74, 6) is 0.400. The highest BCUT2D eigenvalue weighted by molar-refractivity contribution is 9.10. The quantitative estimate of drug-likeness (QED) is 0.906. The van der Waals surface area contributed by atoms with Crippen LogP contribution >= 0.6 is 15.9 Å². The van der Waals surface area contributed by atoms with E-state index >= 15 is 0 Å². The van der Waals surface area contributed by atoms with E-state index in [4.69, 9.17) is 10.5 Å². The van der Waals surface area contributed by atoms with Crippen LogP contribution in [0.5, 0.6) is 5.75 Å². The normalized spacial score (nSPS) is 15.6. The van der Waals surface area contributed by atoms with E-state index in [0.29, 0.717) is 28.4 Å². The molecule has 0 amide bonds. The summed E-state index contributed by atoms with van der Waals surface area (Å²) in [6.07, 6.45) is 2.45. The summed E-state index contributed by atoms with van der Waals surface area (Å²) in [5, 5.41) is 0. The van der Waals surface area contributed by atoms with Crippen molar-refractivity contribution in [2.24, 2.45) is 5.73 Å². The summed E-state index contributed by atoms with van der Waals surface area (Å²) in [4.78, 5) is 0. The van der Waals surface area contributed by atoms with Crippen molar-refractivity contribution in [2.45, 2.75) is 25.5 Å². The predicted octanol–water partition coefficient (Wildman–Crippen LogP) is 2.59. The van der Waals surface area contributed by atoms with Gasteiger partial charge in [-0.25, -0.2) is 4.39 Å². The molecule has 1 aromatic carbocycles. The Labute approximate surface area is 90.4 Å². The number of ether oxygens (including phenoxy) is 1. The molecule has 0 bridgehead atoms. The predicted molar refractivity (Wildman–Crippen MR) is 55.6 cm³/mol. The van der Waals surface area contributed by atoms with Crippen LogP contribution < -0.4 is 10.5 Å². The Hall–Kier alpha value is -0.610. The first-order valence-corrected chi connectivity index (χ1v) is 5.34. The Morgan fingerprint density at radius 1 is 1.50 bits per heavy atom. The zero-order valence-electron chi connectivity index (χ0n) is 7.59. The van der Waals surface area contributed by atoms with Gasteiger partial charge in [-0.2, -0.15) is 0 Å². The maximum Gasteiger partial charge on any atom is 0.138 e. The van der Waals surface area contributed by atoms with Gasteiger partial charge in [-0.15, -0.1) is 0 Å². The molecule has 0 unspecified atom stereocenters. The third kappa shape index (κ3) is 2.07. The minimum atomic E-state index is -0.291. The van der Waals surface area contributed by atoms with Crippen molar-refractivity contribution in [2.75, 3.05) is 0 Å². The van der Waals surface area contributed by atoms with Crippen molar-refractivity contribution in [3.8, 4) is 5.75 Å². The van der Waals surface area contributed by atoms with Crippen LogP contribution in [-0.2, 0) is 6.54 Å². The van der Waals surface area contributed by atoms with Gasteiger partial charge in [0.2, 0.25) is 0 Å². The summed E-state index contributed by atoms with van der Waals surface area (Å²) < 4.78 is 19.3. The van der Waals surface area contributed by atoms with Gasteiger partial charge in [0.05, 0.1) is 10.6 Å². The van der Waals surface area contributed by atoms with E-state index in [2.05, 4.69) is 15.9 Å². The van der Waals surface area contributed by atoms with E-state index in [1.165, 1.54) is 12.1 Å². The highest BCUT2D eigenvalue weighted by Gasteiger charge is 2.25. The van der Waals surface area contributed by atoms with Gasteiger partial charge in [0, 0.05) is 12.1 Å². The number of rotatable bonds is 3. The Kier molecular flexibility index (Phi) is 2.74. The molecule has 76 valence electrons. The van der Waals surface area contributed by atoms with E-state index in [0.717, 1.165) is 12.8 Å². The summed E-state index contributed by atoms with van der Waals surface area (Å²) in [7, 11) is 0. The average molecular weight is 260 g/mol. The molecule has 2 nitrogen and oxygen atoms in total. The van der Waals surface area contributed by atoms with E-state index in [-0.39, 0.29) is 5.82 Å². The minimum absolute atomic E-state index is 0.290. The molecule has 0 atom stereocenters. The first-order chi connectivity index (χ1) is 6.70. The SMILES string of the molecule is NCc1cc(F)cc(Br)c1OC1CC1. The fraction of sp³-hybridized carbons (Fsp3) is 0.400. The minimum Gasteiger partial charge on any atom is -0.489 e. The second-order valence-corrected chi connectivity index (χ2v) is 4.25. The molecular weight excluding hydrogens is 249 g/mol. The molecule has 4 heteroatoms.